The van der Waals surface area contributed by atoms with Crippen molar-refractivity contribution in [2.24, 2.45) is 0 Å². The van der Waals surface area contributed by atoms with Crippen molar-refractivity contribution < 1.29 is 18.3 Å². The summed E-state index contributed by atoms with van der Waals surface area (Å²) in [6.07, 6.45) is 1.66. The zero-order valence-corrected chi connectivity index (χ0v) is 11.5. The Morgan fingerprint density at radius 2 is 2.19 bits per heavy atom. The Bertz CT molecular complexity index is 635. The summed E-state index contributed by atoms with van der Waals surface area (Å²) in [5, 5.41) is 8.66. The standard InChI is InChI=1S/C15H14F2N2O2/c1-2-21-15(20)19-5-3-10(4-6-19)12-8-13(16)11(9-18)7-14(12)17/h3,7-8H,2,4-6H2,1H3. The van der Waals surface area contributed by atoms with Gasteiger partial charge >= 0.3 is 6.09 Å². The van der Waals surface area contributed by atoms with Gasteiger partial charge < -0.3 is 9.64 Å². The van der Waals surface area contributed by atoms with Gasteiger partial charge in [0, 0.05) is 18.7 Å². The molecule has 0 aliphatic carbocycles. The van der Waals surface area contributed by atoms with Crippen molar-refractivity contribution in [2.45, 2.75) is 13.3 Å². The van der Waals surface area contributed by atoms with Crippen molar-refractivity contribution in [2.75, 3.05) is 19.7 Å². The van der Waals surface area contributed by atoms with Crippen LogP contribution in [-0.2, 0) is 4.74 Å². The van der Waals surface area contributed by atoms with Crippen LogP contribution in [0.15, 0.2) is 18.2 Å². The minimum atomic E-state index is -0.748. The maximum Gasteiger partial charge on any atom is 0.410 e. The van der Waals surface area contributed by atoms with Crippen molar-refractivity contribution in [3.05, 3.63) is 41.0 Å². The Morgan fingerprint density at radius 3 is 2.76 bits per heavy atom. The van der Waals surface area contributed by atoms with Crippen LogP contribution in [0.4, 0.5) is 13.6 Å². The fourth-order valence-corrected chi connectivity index (χ4v) is 2.17. The minimum absolute atomic E-state index is 0.134. The van der Waals surface area contributed by atoms with Gasteiger partial charge in [-0.05, 0) is 31.1 Å². The molecule has 1 amide bonds. The second-order valence-corrected chi connectivity index (χ2v) is 4.55. The van der Waals surface area contributed by atoms with Crippen LogP contribution in [0.25, 0.3) is 5.57 Å². The van der Waals surface area contributed by atoms with Crippen LogP contribution >= 0.6 is 0 Å². The number of hydrogen-bond acceptors (Lipinski definition) is 3. The molecule has 1 aliphatic rings. The lowest BCUT2D eigenvalue weighted by Crippen LogP contribution is -2.35. The highest BCUT2D eigenvalue weighted by Crippen LogP contribution is 2.27. The van der Waals surface area contributed by atoms with E-state index >= 15 is 0 Å². The quantitative estimate of drug-likeness (QED) is 0.841. The van der Waals surface area contributed by atoms with E-state index in [1.54, 1.807) is 19.1 Å². The van der Waals surface area contributed by atoms with Crippen molar-refractivity contribution in [3.8, 4) is 6.07 Å². The van der Waals surface area contributed by atoms with E-state index in [2.05, 4.69) is 0 Å². The molecule has 0 spiro atoms. The molecule has 0 fully saturated rings. The van der Waals surface area contributed by atoms with Crippen LogP contribution in [0.1, 0.15) is 24.5 Å². The lowest BCUT2D eigenvalue weighted by molar-refractivity contribution is 0.111. The lowest BCUT2D eigenvalue weighted by atomic mass is 9.97. The van der Waals surface area contributed by atoms with Crippen molar-refractivity contribution in [3.63, 3.8) is 0 Å². The van der Waals surface area contributed by atoms with Crippen LogP contribution in [0.3, 0.4) is 0 Å². The first kappa shape index (κ1) is 15.0. The zero-order chi connectivity index (χ0) is 15.4. The Morgan fingerprint density at radius 1 is 1.43 bits per heavy atom. The molecule has 0 unspecified atom stereocenters. The topological polar surface area (TPSA) is 53.3 Å². The zero-order valence-electron chi connectivity index (χ0n) is 11.5. The van der Waals surface area contributed by atoms with Crippen molar-refractivity contribution in [1.82, 2.24) is 4.90 Å². The number of benzene rings is 1. The molecule has 0 aromatic heterocycles. The number of carbonyl (C=O) groups excluding carboxylic acids is 1. The smallest absolute Gasteiger partial charge is 0.410 e. The van der Waals surface area contributed by atoms with Crippen LogP contribution in [0.2, 0.25) is 0 Å². The molecule has 0 radical (unpaired) electrons. The van der Waals surface area contributed by atoms with Gasteiger partial charge in [-0.1, -0.05) is 6.08 Å². The molecule has 0 saturated heterocycles. The SMILES string of the molecule is CCOC(=O)N1CC=C(c2cc(F)c(C#N)cc2F)CC1. The van der Waals surface area contributed by atoms with E-state index in [0.717, 1.165) is 12.1 Å². The molecule has 0 bridgehead atoms. The van der Waals surface area contributed by atoms with Gasteiger partial charge in [-0.15, -0.1) is 0 Å². The third-order valence-corrected chi connectivity index (χ3v) is 3.26. The summed E-state index contributed by atoms with van der Waals surface area (Å²) in [7, 11) is 0. The molecule has 1 aliphatic heterocycles. The van der Waals surface area contributed by atoms with Gasteiger partial charge in [0.1, 0.15) is 17.7 Å². The second-order valence-electron chi connectivity index (χ2n) is 4.55. The summed E-state index contributed by atoms with van der Waals surface area (Å²) in [6, 6.07) is 3.52. The van der Waals surface area contributed by atoms with E-state index in [-0.39, 0.29) is 17.7 Å². The molecule has 1 heterocycles. The molecular weight excluding hydrogens is 278 g/mol. The van der Waals surface area contributed by atoms with E-state index in [9.17, 15) is 13.6 Å². The van der Waals surface area contributed by atoms with E-state index in [0.29, 0.717) is 25.1 Å². The molecule has 4 nitrogen and oxygen atoms in total. The van der Waals surface area contributed by atoms with Gasteiger partial charge in [0.15, 0.2) is 0 Å². The monoisotopic (exact) mass is 292 g/mol. The van der Waals surface area contributed by atoms with Crippen molar-refractivity contribution in [1.29, 1.82) is 5.26 Å². The molecule has 1 aromatic rings. The van der Waals surface area contributed by atoms with Gasteiger partial charge in [-0.25, -0.2) is 13.6 Å². The van der Waals surface area contributed by atoms with Crippen LogP contribution in [-0.4, -0.2) is 30.7 Å². The molecule has 110 valence electrons. The summed E-state index contributed by atoms with van der Waals surface area (Å²) in [5.74, 6) is -1.38. The number of nitrogens with zero attached hydrogens (tertiary/aromatic N) is 2. The largest absolute Gasteiger partial charge is 0.450 e. The number of rotatable bonds is 2. The molecule has 2 rings (SSSR count). The third kappa shape index (κ3) is 3.19. The molecule has 0 saturated carbocycles. The van der Waals surface area contributed by atoms with Crippen LogP contribution in [0.5, 0.6) is 0 Å². The van der Waals surface area contributed by atoms with Crippen LogP contribution in [0, 0.1) is 23.0 Å². The van der Waals surface area contributed by atoms with Crippen molar-refractivity contribution >= 4 is 11.7 Å². The normalized spacial score (nSPS) is 14.4. The number of ether oxygens (including phenoxy) is 1. The summed E-state index contributed by atoms with van der Waals surface area (Å²) >= 11 is 0. The van der Waals surface area contributed by atoms with E-state index < -0.39 is 17.7 Å². The number of carbonyl (C=O) groups is 1. The Hall–Kier alpha value is -2.42. The summed E-state index contributed by atoms with van der Waals surface area (Å²) in [6.45, 7) is 2.68. The molecule has 6 heteroatoms. The van der Waals surface area contributed by atoms with Gasteiger partial charge in [0.2, 0.25) is 0 Å². The maximum atomic E-state index is 13.9. The molecule has 1 aromatic carbocycles. The first-order valence-corrected chi connectivity index (χ1v) is 6.57. The number of hydrogen-bond donors (Lipinski definition) is 0. The van der Waals surface area contributed by atoms with E-state index in [1.807, 2.05) is 0 Å². The van der Waals surface area contributed by atoms with E-state index in [4.69, 9.17) is 10.00 Å². The van der Waals surface area contributed by atoms with E-state index in [1.165, 1.54) is 4.90 Å². The summed E-state index contributed by atoms with van der Waals surface area (Å²) in [5.41, 5.74) is 0.437. The van der Waals surface area contributed by atoms with Crippen LogP contribution < -0.4 is 0 Å². The highest BCUT2D eigenvalue weighted by Gasteiger charge is 2.21. The highest BCUT2D eigenvalue weighted by molar-refractivity contribution is 5.73. The lowest BCUT2D eigenvalue weighted by Gasteiger charge is -2.26. The molecular formula is C15H14F2N2O2. The fourth-order valence-electron chi connectivity index (χ4n) is 2.17. The average molecular weight is 292 g/mol. The summed E-state index contributed by atoms with van der Waals surface area (Å²) in [4.78, 5) is 13.0. The Balaban J connectivity index is 2.20. The average Bonchev–Trinajstić information content (AvgIpc) is 2.49. The molecule has 0 N–H and O–H groups in total. The first-order chi connectivity index (χ1) is 10.1. The summed E-state index contributed by atoms with van der Waals surface area (Å²) < 4.78 is 32.4. The number of amides is 1. The minimum Gasteiger partial charge on any atom is -0.450 e. The first-order valence-electron chi connectivity index (χ1n) is 6.57. The van der Waals surface area contributed by atoms with Gasteiger partial charge in [-0.3, -0.25) is 0 Å². The number of nitriles is 1. The molecule has 21 heavy (non-hydrogen) atoms. The Kier molecular flexibility index (Phi) is 4.53. The predicted octanol–water partition coefficient (Wildman–Crippen LogP) is 3.08. The predicted molar refractivity (Wildman–Crippen MR) is 72.3 cm³/mol. The molecule has 0 atom stereocenters. The maximum absolute atomic E-state index is 13.9. The number of halogens is 2. The second kappa shape index (κ2) is 6.35. The van der Waals surface area contributed by atoms with Gasteiger partial charge in [-0.2, -0.15) is 5.26 Å². The fraction of sp³-hybridized carbons (Fsp3) is 0.333. The highest BCUT2D eigenvalue weighted by atomic mass is 19.1. The van der Waals surface area contributed by atoms with Gasteiger partial charge in [0.25, 0.3) is 0 Å². The van der Waals surface area contributed by atoms with Gasteiger partial charge in [0.05, 0.1) is 12.2 Å². The third-order valence-electron chi connectivity index (χ3n) is 3.26. The Labute approximate surface area is 121 Å².